The van der Waals surface area contributed by atoms with Crippen molar-refractivity contribution < 1.29 is 9.59 Å². The zero-order valence-corrected chi connectivity index (χ0v) is 20.0. The van der Waals surface area contributed by atoms with E-state index in [1.807, 2.05) is 107 Å². The van der Waals surface area contributed by atoms with Crippen LogP contribution in [0.1, 0.15) is 27.8 Å². The summed E-state index contributed by atoms with van der Waals surface area (Å²) in [6.07, 6.45) is 0. The van der Waals surface area contributed by atoms with Gasteiger partial charge in [0.05, 0.1) is 11.3 Å². The second-order valence-corrected chi connectivity index (χ2v) is 8.85. The Labute approximate surface area is 195 Å². The van der Waals surface area contributed by atoms with Crippen LogP contribution < -0.4 is 15.1 Å². The third-order valence-corrected chi connectivity index (χ3v) is 6.13. The first-order chi connectivity index (χ1) is 15.7. The minimum absolute atomic E-state index is 0.292. The summed E-state index contributed by atoms with van der Waals surface area (Å²) in [6, 6.07) is 19.4. The second-order valence-electron chi connectivity index (χ2n) is 8.85. The molecule has 1 N–H and O–H groups in total. The van der Waals surface area contributed by atoms with Crippen molar-refractivity contribution >= 4 is 34.4 Å². The van der Waals surface area contributed by atoms with Crippen LogP contribution in [-0.4, -0.2) is 25.9 Å². The zero-order chi connectivity index (χ0) is 23.9. The molecular weight excluding hydrogens is 410 g/mol. The molecule has 0 saturated heterocycles. The van der Waals surface area contributed by atoms with E-state index in [0.717, 1.165) is 39.2 Å². The lowest BCUT2D eigenvalue weighted by Crippen LogP contribution is -2.33. The molecule has 3 aromatic rings. The van der Waals surface area contributed by atoms with Gasteiger partial charge in [0, 0.05) is 25.5 Å². The number of hydrogen-bond donors (Lipinski definition) is 1. The quantitative estimate of drug-likeness (QED) is 0.542. The average molecular weight is 440 g/mol. The van der Waals surface area contributed by atoms with Crippen molar-refractivity contribution in [1.82, 2.24) is 0 Å². The molecule has 33 heavy (non-hydrogen) atoms. The number of aryl methyl sites for hydroxylation is 4. The highest BCUT2D eigenvalue weighted by molar-refractivity contribution is 6.46. The van der Waals surface area contributed by atoms with Crippen LogP contribution in [-0.2, 0) is 9.59 Å². The molecular formula is C28H29N3O2. The molecule has 0 radical (unpaired) electrons. The van der Waals surface area contributed by atoms with Crippen LogP contribution in [0.4, 0.5) is 17.1 Å². The van der Waals surface area contributed by atoms with Gasteiger partial charge in [0.25, 0.3) is 11.8 Å². The minimum atomic E-state index is -0.350. The van der Waals surface area contributed by atoms with Gasteiger partial charge in [-0.25, -0.2) is 4.90 Å². The number of nitrogens with one attached hydrogen (secondary N) is 1. The number of imide groups is 1. The Morgan fingerprint density at radius 3 is 2.03 bits per heavy atom. The summed E-state index contributed by atoms with van der Waals surface area (Å²) in [5, 5.41) is 3.25. The molecule has 1 aliphatic rings. The topological polar surface area (TPSA) is 52.7 Å². The zero-order valence-electron chi connectivity index (χ0n) is 20.0. The van der Waals surface area contributed by atoms with Crippen LogP contribution in [0.3, 0.4) is 0 Å². The van der Waals surface area contributed by atoms with Gasteiger partial charge in [-0.2, -0.15) is 0 Å². The number of benzene rings is 3. The molecule has 1 aliphatic heterocycles. The fourth-order valence-corrected chi connectivity index (χ4v) is 4.07. The summed E-state index contributed by atoms with van der Waals surface area (Å²) in [6.45, 7) is 7.95. The summed E-state index contributed by atoms with van der Waals surface area (Å²) in [5.74, 6) is -0.667. The number of carbonyl (C=O) groups is 2. The first-order valence-electron chi connectivity index (χ1n) is 11.0. The normalized spacial score (nSPS) is 13.7. The Morgan fingerprint density at radius 2 is 1.42 bits per heavy atom. The predicted molar refractivity (Wildman–Crippen MR) is 136 cm³/mol. The van der Waals surface area contributed by atoms with E-state index in [-0.39, 0.29) is 11.8 Å². The molecule has 168 valence electrons. The fraction of sp³-hybridized carbons (Fsp3) is 0.214. The predicted octanol–water partition coefficient (Wildman–Crippen LogP) is 5.38. The van der Waals surface area contributed by atoms with Crippen molar-refractivity contribution in [2.75, 3.05) is 29.2 Å². The molecule has 0 spiro atoms. The van der Waals surface area contributed by atoms with Crippen molar-refractivity contribution in [3.63, 3.8) is 0 Å². The second kappa shape index (κ2) is 8.58. The van der Waals surface area contributed by atoms with Gasteiger partial charge < -0.3 is 10.2 Å². The molecule has 2 amide bonds. The van der Waals surface area contributed by atoms with Gasteiger partial charge in [-0.3, -0.25) is 9.59 Å². The number of carbonyl (C=O) groups excluding carboxylic acids is 2. The number of rotatable bonds is 5. The van der Waals surface area contributed by atoms with E-state index in [9.17, 15) is 9.59 Å². The van der Waals surface area contributed by atoms with E-state index in [4.69, 9.17) is 0 Å². The minimum Gasteiger partial charge on any atom is -0.378 e. The Kier molecular flexibility index (Phi) is 5.81. The lowest BCUT2D eigenvalue weighted by atomic mass is 9.99. The lowest BCUT2D eigenvalue weighted by Gasteiger charge is -2.18. The third-order valence-electron chi connectivity index (χ3n) is 6.13. The fourth-order valence-electron chi connectivity index (χ4n) is 4.07. The van der Waals surface area contributed by atoms with Crippen molar-refractivity contribution in [2.24, 2.45) is 0 Å². The number of anilines is 3. The average Bonchev–Trinajstić information content (AvgIpc) is 3.00. The van der Waals surface area contributed by atoms with E-state index in [2.05, 4.69) is 5.32 Å². The molecule has 0 bridgehead atoms. The highest BCUT2D eigenvalue weighted by Gasteiger charge is 2.40. The van der Waals surface area contributed by atoms with Gasteiger partial charge in [-0.1, -0.05) is 35.9 Å². The molecule has 1 heterocycles. The maximum Gasteiger partial charge on any atom is 0.282 e. The molecule has 0 aliphatic carbocycles. The van der Waals surface area contributed by atoms with Gasteiger partial charge in [0.1, 0.15) is 5.70 Å². The van der Waals surface area contributed by atoms with Crippen molar-refractivity contribution in [3.8, 4) is 0 Å². The number of hydrogen-bond acceptors (Lipinski definition) is 4. The van der Waals surface area contributed by atoms with Crippen molar-refractivity contribution in [1.29, 1.82) is 0 Å². The van der Waals surface area contributed by atoms with E-state index in [1.54, 1.807) is 0 Å². The van der Waals surface area contributed by atoms with Crippen LogP contribution in [0, 0.1) is 27.7 Å². The highest BCUT2D eigenvalue weighted by atomic mass is 16.2. The van der Waals surface area contributed by atoms with E-state index in [1.165, 1.54) is 4.90 Å². The Balaban J connectivity index is 1.82. The summed E-state index contributed by atoms with van der Waals surface area (Å²) in [7, 11) is 3.95. The maximum absolute atomic E-state index is 13.7. The molecule has 4 rings (SSSR count). The summed E-state index contributed by atoms with van der Waals surface area (Å²) >= 11 is 0. The van der Waals surface area contributed by atoms with Gasteiger partial charge in [-0.15, -0.1) is 0 Å². The van der Waals surface area contributed by atoms with Crippen molar-refractivity contribution in [2.45, 2.75) is 27.7 Å². The van der Waals surface area contributed by atoms with Gasteiger partial charge in [0.15, 0.2) is 0 Å². The summed E-state index contributed by atoms with van der Waals surface area (Å²) < 4.78 is 0. The molecule has 0 atom stereocenters. The number of amides is 2. The van der Waals surface area contributed by atoms with Crippen LogP contribution >= 0.6 is 0 Å². The Bertz CT molecular complexity index is 1290. The largest absolute Gasteiger partial charge is 0.378 e. The van der Waals surface area contributed by atoms with Crippen LogP contribution in [0.15, 0.2) is 66.4 Å². The first-order valence-corrected chi connectivity index (χ1v) is 11.0. The van der Waals surface area contributed by atoms with Crippen LogP contribution in [0.5, 0.6) is 0 Å². The summed E-state index contributed by atoms with van der Waals surface area (Å²) in [4.78, 5) is 30.6. The Hall–Kier alpha value is -3.86. The number of nitrogens with zero attached hydrogens (tertiary/aromatic N) is 2. The van der Waals surface area contributed by atoms with Crippen molar-refractivity contribution in [3.05, 3.63) is 94.2 Å². The molecule has 0 aromatic heterocycles. The van der Waals surface area contributed by atoms with E-state index < -0.39 is 0 Å². The molecule has 0 unspecified atom stereocenters. The van der Waals surface area contributed by atoms with Gasteiger partial charge >= 0.3 is 0 Å². The Morgan fingerprint density at radius 1 is 0.727 bits per heavy atom. The smallest absolute Gasteiger partial charge is 0.282 e. The van der Waals surface area contributed by atoms with E-state index in [0.29, 0.717) is 17.0 Å². The van der Waals surface area contributed by atoms with Gasteiger partial charge in [-0.05, 0) is 80.3 Å². The SMILES string of the molecule is Cc1ccc(N2C(=O)C(Nc3ccc(N(C)C)cc3)=C(c3ccc(C)c(C)c3)C2=O)c(C)c1. The molecule has 0 saturated carbocycles. The van der Waals surface area contributed by atoms with Crippen LogP contribution in [0.25, 0.3) is 5.57 Å². The summed E-state index contributed by atoms with van der Waals surface area (Å²) in [5.41, 5.74) is 7.99. The van der Waals surface area contributed by atoms with E-state index >= 15 is 0 Å². The van der Waals surface area contributed by atoms with Crippen LogP contribution in [0.2, 0.25) is 0 Å². The van der Waals surface area contributed by atoms with Gasteiger partial charge in [0.2, 0.25) is 0 Å². The highest BCUT2D eigenvalue weighted by Crippen LogP contribution is 2.36. The molecule has 3 aromatic carbocycles. The lowest BCUT2D eigenvalue weighted by molar-refractivity contribution is -0.120. The monoisotopic (exact) mass is 439 g/mol. The molecule has 5 nitrogen and oxygen atoms in total. The standard InChI is InChI=1S/C28H29N3O2/c1-17-7-14-24(20(4)15-17)31-27(32)25(21-9-8-18(2)19(3)16-21)26(28(31)33)29-22-10-12-23(13-11-22)30(5)6/h7-16,29H,1-6H3. The molecule has 0 fully saturated rings. The first kappa shape index (κ1) is 22.3. The third kappa shape index (κ3) is 4.14. The maximum atomic E-state index is 13.7. The molecule has 5 heteroatoms.